The van der Waals surface area contributed by atoms with Crippen LogP contribution in [0.5, 0.6) is 11.5 Å². The number of rotatable bonds is 33. The molecule has 0 spiro atoms. The Kier molecular flexibility index (Phi) is 30.5. The minimum absolute atomic E-state index is 0. The van der Waals surface area contributed by atoms with Crippen LogP contribution in [0.15, 0.2) is 61.7 Å². The molecule has 0 unspecified atom stereocenters. The summed E-state index contributed by atoms with van der Waals surface area (Å²) < 4.78 is 15.1. The third-order valence-corrected chi connectivity index (χ3v) is 10.7. The van der Waals surface area contributed by atoms with E-state index in [4.69, 9.17) is 9.47 Å². The van der Waals surface area contributed by atoms with Gasteiger partial charge in [-0.15, -0.1) is 13.2 Å². The molecule has 2 aromatic carbocycles. The van der Waals surface area contributed by atoms with Gasteiger partial charge in [-0.05, 0) is 79.5 Å². The molecule has 0 fully saturated rings. The predicted molar refractivity (Wildman–Crippen MR) is 229 cm³/mol. The van der Waals surface area contributed by atoms with Crippen molar-refractivity contribution in [1.29, 1.82) is 0 Å². The number of benzene rings is 2. The number of allylic oxidation sites excluding steroid dienone is 2. The number of hydrogen-bond donors (Lipinski definition) is 0. The van der Waals surface area contributed by atoms with E-state index in [-0.39, 0.29) is 34.0 Å². The molecule has 0 saturated carbocycles. The highest BCUT2D eigenvalue weighted by Crippen LogP contribution is 2.35. The van der Waals surface area contributed by atoms with Gasteiger partial charge in [0.1, 0.15) is 11.5 Å². The van der Waals surface area contributed by atoms with E-state index in [9.17, 15) is 0 Å². The zero-order chi connectivity index (χ0) is 37.9. The molecule has 0 aliphatic rings. The number of unbranched alkanes of at least 4 members (excludes halogenated alkanes) is 14. The number of nitrogens with zero attached hydrogens (tertiary/aromatic N) is 2. The first-order valence-electron chi connectivity index (χ1n) is 21.5. The van der Waals surface area contributed by atoms with Crippen LogP contribution in [0.1, 0.15) is 141 Å². The largest absolute Gasteiger partial charge is 1.00 e. The molecule has 0 N–H and O–H groups in total. The van der Waals surface area contributed by atoms with Crippen LogP contribution in [0, 0.1) is 0 Å². The van der Waals surface area contributed by atoms with Crippen LogP contribution in [0.2, 0.25) is 0 Å². The number of ether oxygens (including phenoxy) is 2. The molecule has 0 bridgehead atoms. The second kappa shape index (κ2) is 31.5. The third kappa shape index (κ3) is 23.5. The fourth-order valence-electron chi connectivity index (χ4n) is 7.35. The summed E-state index contributed by atoms with van der Waals surface area (Å²) in [7, 11) is 9.49. The van der Waals surface area contributed by atoms with Crippen LogP contribution < -0.4 is 43.4 Å². The molecule has 0 aromatic heterocycles. The zero-order valence-electron chi connectivity index (χ0n) is 35.9. The average Bonchev–Trinajstić information content (AvgIpc) is 3.12. The fourth-order valence-corrected chi connectivity index (χ4v) is 7.35. The van der Waals surface area contributed by atoms with E-state index in [1.165, 1.54) is 133 Å². The predicted octanol–water partition coefficient (Wildman–Crippen LogP) is 6.79. The molecule has 0 amide bonds. The van der Waals surface area contributed by atoms with E-state index < -0.39 is 0 Å². The Hall–Kier alpha value is -1.60. The Morgan fingerprint density at radius 2 is 0.926 bits per heavy atom. The number of hydrogen-bond acceptors (Lipinski definition) is 2. The van der Waals surface area contributed by atoms with Gasteiger partial charge >= 0.3 is 0 Å². The topological polar surface area (TPSA) is 18.5 Å². The molecule has 6 heteroatoms. The van der Waals surface area contributed by atoms with Crippen molar-refractivity contribution in [1.82, 2.24) is 0 Å². The van der Waals surface area contributed by atoms with Crippen molar-refractivity contribution >= 4 is 0 Å². The molecule has 0 saturated heterocycles. The molecular formula is C48H82Br2N2O2. The lowest BCUT2D eigenvalue weighted by Crippen LogP contribution is -3.00. The lowest BCUT2D eigenvalue weighted by atomic mass is 9.97. The third-order valence-electron chi connectivity index (χ3n) is 10.7. The van der Waals surface area contributed by atoms with Crippen LogP contribution in [0.25, 0.3) is 11.1 Å². The van der Waals surface area contributed by atoms with Crippen molar-refractivity contribution in [2.75, 3.05) is 67.6 Å². The first-order valence-corrected chi connectivity index (χ1v) is 21.5. The van der Waals surface area contributed by atoms with Gasteiger partial charge in [0.15, 0.2) is 0 Å². The maximum Gasteiger partial charge on any atom is 0.127 e. The first-order chi connectivity index (χ1) is 25.1. The van der Waals surface area contributed by atoms with Crippen LogP contribution in [-0.4, -0.2) is 76.5 Å². The van der Waals surface area contributed by atoms with E-state index in [1.807, 2.05) is 12.2 Å². The monoisotopic (exact) mass is 876 g/mol. The van der Waals surface area contributed by atoms with E-state index >= 15 is 0 Å². The SMILES string of the molecule is C=CCc1ccc(OCCC[N+](C)(C)CCCCCCCCCC)c(-c2ccc(OCCC[N+](C)(C)CCCCCCCCCC)c(CC=C)c2)c1.[Br-].[Br-]. The normalized spacial score (nSPS) is 11.4. The Morgan fingerprint density at radius 1 is 0.500 bits per heavy atom. The van der Waals surface area contributed by atoms with Crippen molar-refractivity contribution in [2.24, 2.45) is 0 Å². The van der Waals surface area contributed by atoms with E-state index in [2.05, 4.69) is 91.6 Å². The molecule has 0 aliphatic carbocycles. The van der Waals surface area contributed by atoms with Gasteiger partial charge in [-0.2, -0.15) is 0 Å². The summed E-state index contributed by atoms with van der Waals surface area (Å²) in [4.78, 5) is 0. The summed E-state index contributed by atoms with van der Waals surface area (Å²) in [5.41, 5.74) is 4.74. The molecule has 0 aliphatic heterocycles. The molecule has 2 aromatic rings. The maximum absolute atomic E-state index is 6.52. The van der Waals surface area contributed by atoms with Gasteiger partial charge in [0, 0.05) is 18.4 Å². The Morgan fingerprint density at radius 3 is 1.41 bits per heavy atom. The number of halogens is 2. The van der Waals surface area contributed by atoms with Crippen LogP contribution in [0.3, 0.4) is 0 Å². The summed E-state index contributed by atoms with van der Waals surface area (Å²) in [6, 6.07) is 13.2. The van der Waals surface area contributed by atoms with Crippen molar-refractivity contribution in [3.05, 3.63) is 72.8 Å². The second-order valence-corrected chi connectivity index (χ2v) is 16.8. The zero-order valence-corrected chi connectivity index (χ0v) is 39.1. The molecule has 0 radical (unpaired) electrons. The molecular weight excluding hydrogens is 796 g/mol. The van der Waals surface area contributed by atoms with Gasteiger partial charge in [-0.3, -0.25) is 0 Å². The Balaban J connectivity index is 0.0000140. The second-order valence-electron chi connectivity index (χ2n) is 16.8. The van der Waals surface area contributed by atoms with Crippen molar-refractivity contribution < 1.29 is 52.4 Å². The van der Waals surface area contributed by atoms with Gasteiger partial charge in [-0.1, -0.05) is 115 Å². The highest BCUT2D eigenvalue weighted by molar-refractivity contribution is 5.73. The Labute approximate surface area is 355 Å². The summed E-state index contributed by atoms with van der Waals surface area (Å²) in [6.07, 6.45) is 29.7. The van der Waals surface area contributed by atoms with Gasteiger partial charge < -0.3 is 52.4 Å². The van der Waals surface area contributed by atoms with Gasteiger partial charge in [0.25, 0.3) is 0 Å². The van der Waals surface area contributed by atoms with Crippen molar-refractivity contribution in [2.45, 2.75) is 142 Å². The lowest BCUT2D eigenvalue weighted by molar-refractivity contribution is -0.890. The summed E-state index contributed by atoms with van der Waals surface area (Å²) in [6.45, 7) is 18.8. The van der Waals surface area contributed by atoms with E-state index in [0.29, 0.717) is 0 Å². The highest BCUT2D eigenvalue weighted by atomic mass is 79.9. The molecule has 4 nitrogen and oxygen atoms in total. The molecule has 0 heterocycles. The quantitative estimate of drug-likeness (QED) is 0.0448. The molecule has 2 rings (SSSR count). The highest BCUT2D eigenvalue weighted by Gasteiger charge is 2.17. The minimum atomic E-state index is 0. The van der Waals surface area contributed by atoms with Crippen LogP contribution >= 0.6 is 0 Å². The smallest absolute Gasteiger partial charge is 0.127 e. The van der Waals surface area contributed by atoms with E-state index in [0.717, 1.165) is 78.0 Å². The molecule has 0 atom stereocenters. The first kappa shape index (κ1) is 52.4. The maximum atomic E-state index is 6.52. The fraction of sp³-hybridized carbons (Fsp3) is 0.667. The standard InChI is InChI=1S/C48H82N2O2.2BrH/c1-9-13-15-17-19-21-23-25-35-49(5,6)37-27-39-51-47-34-32-44(42-45(47)30-12-4)46-41-43(29-11-3)31-33-48(46)52-40-28-38-50(7,8)36-26-24-22-20-18-16-14-10-2;;/h11-12,31-34,41-42H,3-4,9-10,13-30,35-40H2,1-2,5-8H3;2*1H/q+2;;/p-2. The van der Waals surface area contributed by atoms with Gasteiger partial charge in [0.2, 0.25) is 0 Å². The molecule has 54 heavy (non-hydrogen) atoms. The average molecular weight is 879 g/mol. The number of quaternary nitrogens is 2. The van der Waals surface area contributed by atoms with Crippen LogP contribution in [0.4, 0.5) is 0 Å². The summed E-state index contributed by atoms with van der Waals surface area (Å²) in [5, 5.41) is 0. The summed E-state index contributed by atoms with van der Waals surface area (Å²) in [5.74, 6) is 1.93. The van der Waals surface area contributed by atoms with Crippen LogP contribution in [-0.2, 0) is 12.8 Å². The van der Waals surface area contributed by atoms with Gasteiger partial charge in [0.05, 0.1) is 67.6 Å². The lowest BCUT2D eigenvalue weighted by Gasteiger charge is -2.30. The van der Waals surface area contributed by atoms with Gasteiger partial charge in [-0.25, -0.2) is 0 Å². The van der Waals surface area contributed by atoms with Crippen molar-refractivity contribution in [3.8, 4) is 22.6 Å². The Bertz CT molecular complexity index is 1250. The summed E-state index contributed by atoms with van der Waals surface area (Å²) >= 11 is 0. The minimum Gasteiger partial charge on any atom is -1.00 e. The van der Waals surface area contributed by atoms with E-state index in [1.54, 1.807) is 0 Å². The van der Waals surface area contributed by atoms with Crippen molar-refractivity contribution in [3.63, 3.8) is 0 Å². The molecule has 310 valence electrons.